The fourth-order valence-corrected chi connectivity index (χ4v) is 3.04. The predicted octanol–water partition coefficient (Wildman–Crippen LogP) is 3.54. The van der Waals surface area contributed by atoms with Gasteiger partial charge in [0.05, 0.1) is 12.2 Å². The molecule has 0 bridgehead atoms. The highest BCUT2D eigenvalue weighted by Gasteiger charge is 2.55. The van der Waals surface area contributed by atoms with Crippen LogP contribution >= 0.6 is 0 Å². The minimum Gasteiger partial charge on any atom is -0.444 e. The monoisotopic (exact) mass is 388 g/mol. The van der Waals surface area contributed by atoms with Crippen LogP contribution in [0.3, 0.4) is 0 Å². The number of hydrogen-bond acceptors (Lipinski definition) is 5. The minimum absolute atomic E-state index is 0.0945. The van der Waals surface area contributed by atoms with E-state index in [2.05, 4.69) is 10.2 Å². The van der Waals surface area contributed by atoms with Crippen LogP contribution in [0.1, 0.15) is 31.9 Å². The van der Waals surface area contributed by atoms with Crippen molar-refractivity contribution in [3.05, 3.63) is 65.5 Å². The first kappa shape index (κ1) is 19.8. The van der Waals surface area contributed by atoms with Gasteiger partial charge >= 0.3 is 6.09 Å². The number of ether oxygens (including phenoxy) is 1. The largest absolute Gasteiger partial charge is 0.444 e. The maximum atomic E-state index is 13.9. The van der Waals surface area contributed by atoms with Gasteiger partial charge in [-0.15, -0.1) is 0 Å². The smallest absolute Gasteiger partial charge is 0.410 e. The second-order valence-corrected chi connectivity index (χ2v) is 7.44. The number of fused-ring (bicyclic) bond motifs is 1. The van der Waals surface area contributed by atoms with Gasteiger partial charge in [-0.2, -0.15) is 4.89 Å². The lowest BCUT2D eigenvalue weighted by Gasteiger charge is -2.28. The summed E-state index contributed by atoms with van der Waals surface area (Å²) in [5.74, 6) is -1.35. The van der Waals surface area contributed by atoms with Gasteiger partial charge in [0.15, 0.2) is 0 Å². The summed E-state index contributed by atoms with van der Waals surface area (Å²) in [7, 11) is 0. The molecule has 2 amide bonds. The molecule has 0 unspecified atom stereocenters. The Morgan fingerprint density at radius 1 is 1.21 bits per heavy atom. The molecule has 2 aromatic carbocycles. The van der Waals surface area contributed by atoms with Crippen LogP contribution in [-0.2, 0) is 26.7 Å². The number of rotatable bonds is 4. The molecule has 0 aromatic heterocycles. The zero-order chi connectivity index (χ0) is 20.5. The maximum absolute atomic E-state index is 13.9. The molecule has 0 spiro atoms. The van der Waals surface area contributed by atoms with Gasteiger partial charge in [-0.25, -0.2) is 14.4 Å². The first-order valence-electron chi connectivity index (χ1n) is 8.66. The number of anilines is 1. The molecule has 0 fully saturated rings. The van der Waals surface area contributed by atoms with Crippen molar-refractivity contribution < 1.29 is 28.9 Å². The van der Waals surface area contributed by atoms with Gasteiger partial charge in [0.2, 0.25) is 0 Å². The van der Waals surface area contributed by atoms with Crippen molar-refractivity contribution in [2.75, 3.05) is 4.90 Å². The number of halogens is 1. The molecule has 0 saturated heterocycles. The number of nitrogens with zero attached hydrogens (tertiary/aromatic N) is 1. The van der Waals surface area contributed by atoms with E-state index >= 15 is 0 Å². The van der Waals surface area contributed by atoms with Crippen molar-refractivity contribution in [1.82, 2.24) is 5.32 Å². The van der Waals surface area contributed by atoms with E-state index in [-0.39, 0.29) is 17.8 Å². The van der Waals surface area contributed by atoms with Gasteiger partial charge in [0.1, 0.15) is 11.4 Å². The van der Waals surface area contributed by atoms with Crippen molar-refractivity contribution >= 4 is 17.7 Å². The van der Waals surface area contributed by atoms with Crippen molar-refractivity contribution in [2.45, 2.75) is 38.6 Å². The average molecular weight is 388 g/mol. The molecule has 1 atom stereocenters. The quantitative estimate of drug-likeness (QED) is 0.475. The first-order valence-corrected chi connectivity index (χ1v) is 8.66. The third-order valence-electron chi connectivity index (χ3n) is 4.17. The van der Waals surface area contributed by atoms with Crippen LogP contribution in [0.5, 0.6) is 0 Å². The number of benzene rings is 2. The minimum atomic E-state index is -2.24. The van der Waals surface area contributed by atoms with E-state index < -0.39 is 29.1 Å². The number of nitrogens with one attached hydrogen (secondary N) is 1. The summed E-state index contributed by atoms with van der Waals surface area (Å²) in [6.07, 6.45) is -0.966. The molecular formula is C20H21FN2O5. The van der Waals surface area contributed by atoms with Gasteiger partial charge in [0.25, 0.3) is 11.6 Å². The molecule has 0 radical (unpaired) electrons. The van der Waals surface area contributed by atoms with Gasteiger partial charge in [-0.1, -0.05) is 30.3 Å². The highest BCUT2D eigenvalue weighted by molar-refractivity contribution is 6.08. The van der Waals surface area contributed by atoms with E-state index in [4.69, 9.17) is 4.74 Å². The van der Waals surface area contributed by atoms with Crippen LogP contribution in [0.25, 0.3) is 0 Å². The van der Waals surface area contributed by atoms with Crippen LogP contribution in [0.2, 0.25) is 0 Å². The lowest BCUT2D eigenvalue weighted by atomic mass is 10.0. The van der Waals surface area contributed by atoms with Gasteiger partial charge < -0.3 is 9.64 Å². The summed E-state index contributed by atoms with van der Waals surface area (Å²) in [6, 6.07) is 12.6. The summed E-state index contributed by atoms with van der Waals surface area (Å²) in [5, 5.41) is 11.9. The third-order valence-corrected chi connectivity index (χ3v) is 4.17. The molecule has 2 aromatic rings. The Hall–Kier alpha value is -2.97. The fourth-order valence-electron chi connectivity index (χ4n) is 3.04. The van der Waals surface area contributed by atoms with Crippen LogP contribution in [0, 0.1) is 5.82 Å². The second kappa shape index (κ2) is 7.21. The summed E-state index contributed by atoms with van der Waals surface area (Å²) in [5.41, 5.74) is -2.02. The molecule has 1 heterocycles. The summed E-state index contributed by atoms with van der Waals surface area (Å²) in [6.45, 7) is 5.05. The maximum Gasteiger partial charge on any atom is 0.410 e. The van der Waals surface area contributed by atoms with Crippen molar-refractivity contribution in [3.8, 4) is 0 Å². The Kier molecular flexibility index (Phi) is 5.10. The molecule has 7 nitrogen and oxygen atoms in total. The molecule has 0 aliphatic carbocycles. The van der Waals surface area contributed by atoms with E-state index in [0.717, 1.165) is 17.7 Å². The topological polar surface area (TPSA) is 88.1 Å². The molecule has 8 heteroatoms. The number of carbonyl (C=O) groups excluding carboxylic acids is 2. The van der Waals surface area contributed by atoms with E-state index in [1.165, 1.54) is 11.0 Å². The Morgan fingerprint density at radius 3 is 2.50 bits per heavy atom. The molecule has 0 saturated carbocycles. The molecule has 28 heavy (non-hydrogen) atoms. The summed E-state index contributed by atoms with van der Waals surface area (Å²) in [4.78, 5) is 31.2. The molecule has 1 aliphatic heterocycles. The van der Waals surface area contributed by atoms with Crippen LogP contribution in [0.4, 0.5) is 14.9 Å². The van der Waals surface area contributed by atoms with Crippen molar-refractivity contribution in [2.24, 2.45) is 0 Å². The Labute approximate surface area is 161 Å². The summed E-state index contributed by atoms with van der Waals surface area (Å²) >= 11 is 0. The normalized spacial score (nSPS) is 18.8. The summed E-state index contributed by atoms with van der Waals surface area (Å²) < 4.78 is 19.1. The lowest BCUT2D eigenvalue weighted by molar-refractivity contribution is -0.321. The molecule has 148 valence electrons. The Morgan fingerprint density at radius 2 is 1.89 bits per heavy atom. The van der Waals surface area contributed by atoms with E-state index in [1.54, 1.807) is 45.0 Å². The second-order valence-electron chi connectivity index (χ2n) is 7.44. The van der Waals surface area contributed by atoms with Gasteiger partial charge in [-0.3, -0.25) is 10.1 Å². The van der Waals surface area contributed by atoms with Gasteiger partial charge in [-0.05, 0) is 44.5 Å². The highest BCUT2D eigenvalue weighted by Crippen LogP contribution is 2.42. The van der Waals surface area contributed by atoms with Crippen LogP contribution < -0.4 is 10.2 Å². The third kappa shape index (κ3) is 3.69. The number of hydrogen-bond donors (Lipinski definition) is 2. The highest BCUT2D eigenvalue weighted by atomic mass is 19.1. The zero-order valence-corrected chi connectivity index (χ0v) is 15.7. The SMILES string of the molecule is CC(C)(C)OC(=O)N[C@@]1(OO)C(=O)N(Cc2ccccc2)c2cc(F)ccc21. The van der Waals surface area contributed by atoms with E-state index in [9.17, 15) is 19.2 Å². The van der Waals surface area contributed by atoms with Crippen molar-refractivity contribution in [3.63, 3.8) is 0 Å². The molecule has 3 rings (SSSR count). The Balaban J connectivity index is 2.01. The number of amides is 2. The zero-order valence-electron chi connectivity index (χ0n) is 15.7. The molecular weight excluding hydrogens is 367 g/mol. The predicted molar refractivity (Wildman–Crippen MR) is 98.8 cm³/mol. The fraction of sp³-hybridized carbons (Fsp3) is 0.300. The van der Waals surface area contributed by atoms with E-state index in [1.807, 2.05) is 6.07 Å². The number of alkyl carbamates (subject to hydrolysis) is 1. The van der Waals surface area contributed by atoms with E-state index in [0.29, 0.717) is 0 Å². The standard InChI is InChI=1S/C20H21FN2O5/c1-19(2,3)27-18(25)22-20(28-26)15-10-9-14(21)11-16(15)23(17(20)24)12-13-7-5-4-6-8-13/h4-11,26H,12H2,1-3H3,(H,22,25)/t20-/m0/s1. The Bertz CT molecular complexity index is 897. The number of carbonyl (C=O) groups is 2. The lowest BCUT2D eigenvalue weighted by Crippen LogP contribution is -2.55. The molecule has 2 N–H and O–H groups in total. The van der Waals surface area contributed by atoms with Gasteiger partial charge in [0, 0.05) is 5.56 Å². The average Bonchev–Trinajstić information content (AvgIpc) is 2.83. The van der Waals surface area contributed by atoms with Crippen LogP contribution in [0.15, 0.2) is 48.5 Å². The van der Waals surface area contributed by atoms with Crippen LogP contribution in [-0.4, -0.2) is 22.9 Å². The van der Waals surface area contributed by atoms with Crippen molar-refractivity contribution in [1.29, 1.82) is 0 Å². The first-order chi connectivity index (χ1) is 13.2. The molecule has 1 aliphatic rings.